The van der Waals surface area contributed by atoms with Crippen LogP contribution in [0.1, 0.15) is 52.9 Å². The quantitative estimate of drug-likeness (QED) is 0.737. The summed E-state index contributed by atoms with van der Waals surface area (Å²) in [7, 11) is 0. The van der Waals surface area contributed by atoms with Crippen molar-refractivity contribution in [3.8, 4) is 0 Å². The van der Waals surface area contributed by atoms with Crippen LogP contribution in [0.25, 0.3) is 0 Å². The third kappa shape index (κ3) is 2.99. The van der Waals surface area contributed by atoms with Gasteiger partial charge >= 0.3 is 5.97 Å². The van der Waals surface area contributed by atoms with Gasteiger partial charge in [-0.25, -0.2) is 8.78 Å². The SMILES string of the molecule is CC(C)(C)OC(=O)C1CC2(CCC(F)(F)CC2)N1. The summed E-state index contributed by atoms with van der Waals surface area (Å²) in [4.78, 5) is 11.8. The van der Waals surface area contributed by atoms with E-state index in [1.165, 1.54) is 0 Å². The smallest absolute Gasteiger partial charge is 0.323 e. The average molecular weight is 261 g/mol. The van der Waals surface area contributed by atoms with Gasteiger partial charge in [0, 0.05) is 18.4 Å². The van der Waals surface area contributed by atoms with Gasteiger partial charge in [-0.05, 0) is 40.0 Å². The topological polar surface area (TPSA) is 38.3 Å². The summed E-state index contributed by atoms with van der Waals surface area (Å²) in [6.07, 6.45) is 1.35. The van der Waals surface area contributed by atoms with Crippen molar-refractivity contribution in [3.63, 3.8) is 0 Å². The van der Waals surface area contributed by atoms with Gasteiger partial charge in [-0.1, -0.05) is 0 Å². The van der Waals surface area contributed by atoms with Crippen LogP contribution in [-0.2, 0) is 9.53 Å². The molecule has 1 aliphatic heterocycles. The second-order valence-corrected chi connectivity index (χ2v) is 6.57. The Morgan fingerprint density at radius 3 is 2.17 bits per heavy atom. The first kappa shape index (κ1) is 13.7. The molecule has 1 atom stereocenters. The van der Waals surface area contributed by atoms with E-state index in [1.807, 2.05) is 20.8 Å². The van der Waals surface area contributed by atoms with Crippen LogP contribution in [0.2, 0.25) is 0 Å². The molecule has 1 aliphatic carbocycles. The molecule has 1 saturated heterocycles. The fraction of sp³-hybridized carbons (Fsp3) is 0.923. The highest BCUT2D eigenvalue weighted by Crippen LogP contribution is 2.44. The zero-order valence-corrected chi connectivity index (χ0v) is 11.2. The van der Waals surface area contributed by atoms with Crippen LogP contribution in [0.3, 0.4) is 0 Å². The van der Waals surface area contributed by atoms with Crippen LogP contribution < -0.4 is 5.32 Å². The first-order valence-corrected chi connectivity index (χ1v) is 6.49. The first-order valence-electron chi connectivity index (χ1n) is 6.49. The van der Waals surface area contributed by atoms with E-state index in [2.05, 4.69) is 5.32 Å². The molecule has 2 aliphatic rings. The maximum absolute atomic E-state index is 13.1. The monoisotopic (exact) mass is 261 g/mol. The second-order valence-electron chi connectivity index (χ2n) is 6.57. The first-order chi connectivity index (χ1) is 8.11. The molecule has 104 valence electrons. The van der Waals surface area contributed by atoms with Crippen molar-refractivity contribution in [1.29, 1.82) is 0 Å². The molecule has 1 unspecified atom stereocenters. The molecule has 1 N–H and O–H groups in total. The molecule has 2 fully saturated rings. The van der Waals surface area contributed by atoms with Crippen molar-refractivity contribution >= 4 is 5.97 Å². The van der Waals surface area contributed by atoms with Crippen LogP contribution in [0.5, 0.6) is 0 Å². The summed E-state index contributed by atoms with van der Waals surface area (Å²) < 4.78 is 31.4. The Hall–Kier alpha value is -0.710. The minimum Gasteiger partial charge on any atom is -0.459 e. The van der Waals surface area contributed by atoms with Gasteiger partial charge in [-0.2, -0.15) is 0 Å². The van der Waals surface area contributed by atoms with Crippen LogP contribution in [-0.4, -0.2) is 29.1 Å². The lowest BCUT2D eigenvalue weighted by atomic mass is 9.70. The molecule has 0 amide bonds. The maximum Gasteiger partial charge on any atom is 0.323 e. The van der Waals surface area contributed by atoms with Crippen LogP contribution >= 0.6 is 0 Å². The summed E-state index contributed by atoms with van der Waals surface area (Å²) in [5.41, 5.74) is -0.746. The van der Waals surface area contributed by atoms with Gasteiger partial charge in [0.15, 0.2) is 0 Å². The number of carbonyl (C=O) groups is 1. The van der Waals surface area contributed by atoms with Gasteiger partial charge in [-0.15, -0.1) is 0 Å². The average Bonchev–Trinajstić information content (AvgIpc) is 2.12. The Morgan fingerprint density at radius 2 is 1.72 bits per heavy atom. The van der Waals surface area contributed by atoms with E-state index in [1.54, 1.807) is 0 Å². The molecule has 2 rings (SSSR count). The standard InChI is InChI=1S/C13H21F2NO2/c1-11(2,3)18-10(17)9-8-12(16-9)4-6-13(14,15)7-5-12/h9,16H,4-8H2,1-3H3. The van der Waals surface area contributed by atoms with E-state index in [9.17, 15) is 13.6 Å². The van der Waals surface area contributed by atoms with E-state index in [0.29, 0.717) is 19.3 Å². The van der Waals surface area contributed by atoms with Gasteiger partial charge in [0.2, 0.25) is 5.92 Å². The number of esters is 1. The highest BCUT2D eigenvalue weighted by atomic mass is 19.3. The third-order valence-electron chi connectivity index (χ3n) is 3.71. The summed E-state index contributed by atoms with van der Waals surface area (Å²) in [6, 6.07) is -0.323. The Balaban J connectivity index is 1.82. The van der Waals surface area contributed by atoms with Crippen LogP contribution in [0.4, 0.5) is 8.78 Å². The molecule has 3 nitrogen and oxygen atoms in total. The number of alkyl halides is 2. The van der Waals surface area contributed by atoms with Gasteiger partial charge < -0.3 is 4.74 Å². The summed E-state index contributed by atoms with van der Waals surface area (Å²) in [5, 5.41) is 3.15. The normalized spacial score (nSPS) is 29.7. The van der Waals surface area contributed by atoms with Crippen molar-refractivity contribution in [2.45, 2.75) is 76.0 Å². The molecular formula is C13H21F2NO2. The molecule has 18 heavy (non-hydrogen) atoms. The Kier molecular flexibility index (Phi) is 3.16. The van der Waals surface area contributed by atoms with Crippen molar-refractivity contribution in [2.24, 2.45) is 0 Å². The largest absolute Gasteiger partial charge is 0.459 e. The predicted octanol–water partition coefficient (Wildman–Crippen LogP) is 2.64. The lowest BCUT2D eigenvalue weighted by Gasteiger charge is -2.51. The highest BCUT2D eigenvalue weighted by molar-refractivity contribution is 5.78. The Morgan fingerprint density at radius 1 is 1.22 bits per heavy atom. The van der Waals surface area contributed by atoms with Crippen LogP contribution in [0, 0.1) is 0 Å². The summed E-state index contributed by atoms with van der Waals surface area (Å²) >= 11 is 0. The number of halogens is 2. The van der Waals surface area contributed by atoms with Gasteiger partial charge in [0.25, 0.3) is 0 Å². The molecule has 0 aromatic rings. The Bertz CT molecular complexity index is 331. The number of nitrogens with one attached hydrogen (secondary N) is 1. The summed E-state index contributed by atoms with van der Waals surface area (Å²) in [5.74, 6) is -2.80. The molecule has 0 aromatic carbocycles. The van der Waals surface area contributed by atoms with Crippen molar-refractivity contribution in [1.82, 2.24) is 5.32 Å². The number of rotatable bonds is 1. The zero-order chi connectivity index (χ0) is 13.6. The molecule has 0 aromatic heterocycles. The number of ether oxygens (including phenoxy) is 1. The van der Waals surface area contributed by atoms with E-state index in [4.69, 9.17) is 4.74 Å². The van der Waals surface area contributed by atoms with Gasteiger partial charge in [-0.3, -0.25) is 10.1 Å². The minimum atomic E-state index is -2.52. The van der Waals surface area contributed by atoms with Gasteiger partial charge in [0.1, 0.15) is 11.6 Å². The van der Waals surface area contributed by atoms with Crippen molar-refractivity contribution in [3.05, 3.63) is 0 Å². The highest BCUT2D eigenvalue weighted by Gasteiger charge is 2.52. The molecule has 0 bridgehead atoms. The lowest BCUT2D eigenvalue weighted by Crippen LogP contribution is -2.68. The van der Waals surface area contributed by atoms with Crippen molar-refractivity contribution < 1.29 is 18.3 Å². The number of hydrogen-bond acceptors (Lipinski definition) is 3. The lowest BCUT2D eigenvalue weighted by molar-refractivity contribution is -0.164. The third-order valence-corrected chi connectivity index (χ3v) is 3.71. The summed E-state index contributed by atoms with van der Waals surface area (Å²) in [6.45, 7) is 5.46. The number of hydrogen-bond donors (Lipinski definition) is 1. The van der Waals surface area contributed by atoms with Gasteiger partial charge in [0.05, 0.1) is 0 Å². The zero-order valence-electron chi connectivity index (χ0n) is 11.2. The fourth-order valence-electron chi connectivity index (χ4n) is 2.70. The van der Waals surface area contributed by atoms with Crippen LogP contribution in [0.15, 0.2) is 0 Å². The molecule has 1 spiro atoms. The predicted molar refractivity (Wildman–Crippen MR) is 63.5 cm³/mol. The maximum atomic E-state index is 13.1. The fourth-order valence-corrected chi connectivity index (χ4v) is 2.70. The Labute approximate surface area is 106 Å². The van der Waals surface area contributed by atoms with Crippen molar-refractivity contribution in [2.75, 3.05) is 0 Å². The van der Waals surface area contributed by atoms with E-state index in [-0.39, 0.29) is 30.4 Å². The number of carbonyl (C=O) groups excluding carboxylic acids is 1. The molecule has 1 saturated carbocycles. The van der Waals surface area contributed by atoms with E-state index in [0.717, 1.165) is 0 Å². The molecule has 5 heteroatoms. The van der Waals surface area contributed by atoms with E-state index < -0.39 is 11.5 Å². The molecule has 0 radical (unpaired) electrons. The molecular weight excluding hydrogens is 240 g/mol. The molecule has 1 heterocycles. The minimum absolute atomic E-state index is 0.0823. The second kappa shape index (κ2) is 4.15. The van der Waals surface area contributed by atoms with E-state index >= 15 is 0 Å².